The number of hydrogen-bond donors (Lipinski definition) is 1. The summed E-state index contributed by atoms with van der Waals surface area (Å²) < 4.78 is 5.47. The van der Waals surface area contributed by atoms with E-state index in [-0.39, 0.29) is 12.0 Å². The molecular formula is C11H22O2. The molecule has 78 valence electrons. The van der Waals surface area contributed by atoms with Gasteiger partial charge in [0.1, 0.15) is 6.10 Å². The Morgan fingerprint density at radius 2 is 1.38 bits per heavy atom. The van der Waals surface area contributed by atoms with Crippen LogP contribution in [0.1, 0.15) is 41.5 Å². The minimum Gasteiger partial charge on any atom is -0.481 e. The lowest BCUT2D eigenvalue weighted by Crippen LogP contribution is -2.25. The highest BCUT2D eigenvalue weighted by Crippen LogP contribution is 2.19. The molecule has 0 fully saturated rings. The van der Waals surface area contributed by atoms with E-state index < -0.39 is 0 Å². The Bertz CT molecular complexity index is 169. The summed E-state index contributed by atoms with van der Waals surface area (Å²) in [5.74, 6) is 0.912. The van der Waals surface area contributed by atoms with Gasteiger partial charge in [-0.1, -0.05) is 27.7 Å². The third-order valence-electron chi connectivity index (χ3n) is 1.99. The summed E-state index contributed by atoms with van der Waals surface area (Å²) in [5, 5.41) is 9.45. The van der Waals surface area contributed by atoms with Gasteiger partial charge in [-0.15, -0.1) is 0 Å². The summed E-state index contributed by atoms with van der Waals surface area (Å²) in [4.78, 5) is 0. The summed E-state index contributed by atoms with van der Waals surface area (Å²) in [7, 11) is 0. The van der Waals surface area contributed by atoms with Crippen LogP contribution in [0.15, 0.2) is 11.5 Å². The first kappa shape index (κ1) is 12.3. The highest BCUT2D eigenvalue weighted by molar-refractivity contribution is 4.94. The van der Waals surface area contributed by atoms with Crippen molar-refractivity contribution in [1.82, 2.24) is 0 Å². The molecule has 0 atom stereocenters. The van der Waals surface area contributed by atoms with E-state index in [1.54, 1.807) is 0 Å². The summed E-state index contributed by atoms with van der Waals surface area (Å²) in [5.41, 5.74) is 0.825. The van der Waals surface area contributed by atoms with E-state index >= 15 is 0 Å². The van der Waals surface area contributed by atoms with Gasteiger partial charge in [-0.3, -0.25) is 0 Å². The van der Waals surface area contributed by atoms with Gasteiger partial charge in [-0.05, 0) is 25.7 Å². The number of allylic oxidation sites excluding steroid dienone is 1. The lowest BCUT2D eigenvalue weighted by atomic mass is 9.96. The minimum atomic E-state index is 0.0763. The van der Waals surface area contributed by atoms with Gasteiger partial charge in [0.2, 0.25) is 0 Å². The van der Waals surface area contributed by atoms with E-state index in [1.165, 1.54) is 0 Å². The molecule has 13 heavy (non-hydrogen) atoms. The molecule has 1 N–H and O–H groups in total. The van der Waals surface area contributed by atoms with Crippen molar-refractivity contribution in [2.45, 2.75) is 47.6 Å². The molecule has 0 amide bonds. The molecule has 2 nitrogen and oxygen atoms in total. The topological polar surface area (TPSA) is 29.5 Å². The largest absolute Gasteiger partial charge is 0.481 e. The van der Waals surface area contributed by atoms with Crippen LogP contribution in [-0.4, -0.2) is 11.2 Å². The zero-order valence-corrected chi connectivity index (χ0v) is 9.59. The number of hydrogen-bond acceptors (Lipinski definition) is 2. The zero-order chi connectivity index (χ0) is 10.6. The van der Waals surface area contributed by atoms with Crippen molar-refractivity contribution in [3.05, 3.63) is 11.5 Å². The molecule has 0 heterocycles. The molecule has 0 unspecified atom stereocenters. The fourth-order valence-electron chi connectivity index (χ4n) is 1.29. The van der Waals surface area contributed by atoms with Crippen LogP contribution in [0.25, 0.3) is 0 Å². The van der Waals surface area contributed by atoms with Crippen LogP contribution in [0, 0.1) is 11.8 Å². The van der Waals surface area contributed by atoms with Crippen molar-refractivity contribution < 1.29 is 9.84 Å². The van der Waals surface area contributed by atoms with Crippen molar-refractivity contribution in [3.63, 3.8) is 0 Å². The van der Waals surface area contributed by atoms with Crippen molar-refractivity contribution >= 4 is 0 Å². The van der Waals surface area contributed by atoms with Gasteiger partial charge in [-0.2, -0.15) is 0 Å². The van der Waals surface area contributed by atoms with E-state index in [4.69, 9.17) is 4.74 Å². The Kier molecular flexibility index (Phi) is 4.89. The molecule has 0 aromatic carbocycles. The average molecular weight is 186 g/mol. The lowest BCUT2D eigenvalue weighted by Gasteiger charge is -2.25. The van der Waals surface area contributed by atoms with Crippen LogP contribution in [0.5, 0.6) is 0 Å². The lowest BCUT2D eigenvalue weighted by molar-refractivity contribution is -0.0205. The second-order valence-corrected chi connectivity index (χ2v) is 4.38. The van der Waals surface area contributed by atoms with Gasteiger partial charge in [-0.25, -0.2) is 0 Å². The molecule has 0 aromatic heterocycles. The summed E-state index contributed by atoms with van der Waals surface area (Å²) >= 11 is 0. The molecule has 0 bridgehead atoms. The maximum absolute atomic E-state index is 9.45. The predicted molar refractivity (Wildman–Crippen MR) is 55.6 cm³/mol. The zero-order valence-electron chi connectivity index (χ0n) is 9.59. The first-order valence-electron chi connectivity index (χ1n) is 4.89. The quantitative estimate of drug-likeness (QED) is 0.681. The first-order chi connectivity index (χ1) is 5.86. The Morgan fingerprint density at radius 3 is 1.62 bits per heavy atom. The molecule has 0 rings (SSSR count). The molecule has 0 aliphatic rings. The molecule has 2 heteroatoms. The van der Waals surface area contributed by atoms with E-state index in [0.29, 0.717) is 11.8 Å². The first-order valence-corrected chi connectivity index (χ1v) is 4.89. The van der Waals surface area contributed by atoms with E-state index in [1.807, 2.05) is 13.8 Å². The normalized spacial score (nSPS) is 11.2. The van der Waals surface area contributed by atoms with Crippen LogP contribution in [0.3, 0.4) is 0 Å². The highest BCUT2D eigenvalue weighted by atomic mass is 16.6. The number of ether oxygens (including phenoxy) is 1. The smallest absolute Gasteiger partial charge is 0.275 e. The molecule has 0 spiro atoms. The van der Waals surface area contributed by atoms with Crippen molar-refractivity contribution in [2.75, 3.05) is 0 Å². The fraction of sp³-hybridized carbons (Fsp3) is 0.818. The summed E-state index contributed by atoms with van der Waals surface area (Å²) in [6.45, 7) is 12.1. The van der Waals surface area contributed by atoms with E-state index in [0.717, 1.165) is 5.57 Å². The van der Waals surface area contributed by atoms with Crippen molar-refractivity contribution in [2.24, 2.45) is 11.8 Å². The van der Waals surface area contributed by atoms with Gasteiger partial charge in [0, 0.05) is 5.57 Å². The second kappa shape index (κ2) is 5.15. The van der Waals surface area contributed by atoms with E-state index in [9.17, 15) is 5.11 Å². The van der Waals surface area contributed by atoms with Crippen LogP contribution in [0.2, 0.25) is 0 Å². The van der Waals surface area contributed by atoms with Gasteiger partial charge >= 0.3 is 0 Å². The summed E-state index contributed by atoms with van der Waals surface area (Å²) in [6.07, 6.45) is 0.0925. The summed E-state index contributed by atoms with van der Waals surface area (Å²) in [6, 6.07) is 0. The average Bonchev–Trinajstić information content (AvgIpc) is 1.97. The molecular weight excluding hydrogens is 164 g/mol. The molecule has 0 aliphatic heterocycles. The Balaban J connectivity index is 4.36. The van der Waals surface area contributed by atoms with Crippen LogP contribution >= 0.6 is 0 Å². The standard InChI is InChI=1S/C11H22O2/c1-7(2)10(8(3)4)13-11(12)9(5)6/h7-8,10,12H,1-6H3. The maximum atomic E-state index is 9.45. The SMILES string of the molecule is CC(C)=C(O)OC(C(C)C)C(C)C. The second-order valence-electron chi connectivity index (χ2n) is 4.38. The maximum Gasteiger partial charge on any atom is 0.275 e. The highest BCUT2D eigenvalue weighted by Gasteiger charge is 2.20. The number of aliphatic hydroxyl groups is 1. The minimum absolute atomic E-state index is 0.0763. The van der Waals surface area contributed by atoms with E-state index in [2.05, 4.69) is 27.7 Å². The molecule has 0 saturated carbocycles. The third kappa shape index (κ3) is 4.20. The van der Waals surface area contributed by atoms with Crippen LogP contribution < -0.4 is 0 Å². The molecule has 0 radical (unpaired) electrons. The molecule has 0 aromatic rings. The molecule has 0 saturated heterocycles. The van der Waals surface area contributed by atoms with Crippen molar-refractivity contribution in [1.29, 1.82) is 0 Å². The third-order valence-corrected chi connectivity index (χ3v) is 1.99. The van der Waals surface area contributed by atoms with Gasteiger partial charge in [0.05, 0.1) is 0 Å². The Labute approximate surface area is 81.6 Å². The van der Waals surface area contributed by atoms with Crippen LogP contribution in [-0.2, 0) is 4.74 Å². The Morgan fingerprint density at radius 1 is 1.00 bits per heavy atom. The fourth-order valence-corrected chi connectivity index (χ4v) is 1.29. The number of rotatable bonds is 4. The van der Waals surface area contributed by atoms with Gasteiger partial charge < -0.3 is 9.84 Å². The predicted octanol–water partition coefficient (Wildman–Crippen LogP) is 3.49. The number of aliphatic hydroxyl groups excluding tert-OH is 1. The van der Waals surface area contributed by atoms with Gasteiger partial charge in [0.15, 0.2) is 0 Å². The Hall–Kier alpha value is -0.660. The molecule has 0 aliphatic carbocycles. The van der Waals surface area contributed by atoms with Crippen LogP contribution in [0.4, 0.5) is 0 Å². The monoisotopic (exact) mass is 186 g/mol. The van der Waals surface area contributed by atoms with Gasteiger partial charge in [0.25, 0.3) is 5.95 Å². The van der Waals surface area contributed by atoms with Crippen molar-refractivity contribution in [3.8, 4) is 0 Å².